The monoisotopic (exact) mass is 518 g/mol. The van der Waals surface area contributed by atoms with Crippen molar-refractivity contribution in [1.82, 2.24) is 4.90 Å². The van der Waals surface area contributed by atoms with Crippen LogP contribution >= 0.6 is 15.9 Å². The van der Waals surface area contributed by atoms with Gasteiger partial charge in [-0.2, -0.15) is 0 Å². The number of halogens is 1. The van der Waals surface area contributed by atoms with Crippen molar-refractivity contribution in [2.24, 2.45) is 0 Å². The van der Waals surface area contributed by atoms with E-state index in [4.69, 9.17) is 4.74 Å². The van der Waals surface area contributed by atoms with Crippen LogP contribution in [0, 0.1) is 17.0 Å². The maximum Gasteiger partial charge on any atom is 0.410 e. The molecule has 33 heavy (non-hydrogen) atoms. The van der Waals surface area contributed by atoms with Gasteiger partial charge >= 0.3 is 6.09 Å². The van der Waals surface area contributed by atoms with Crippen LogP contribution < -0.4 is 10.2 Å². The number of nitrogens with zero attached hydrogens (tertiary/aromatic N) is 3. The van der Waals surface area contributed by atoms with Gasteiger partial charge in [0.2, 0.25) is 0 Å². The number of piperazine rings is 1. The number of anilines is 2. The van der Waals surface area contributed by atoms with Crippen LogP contribution in [0.1, 0.15) is 36.7 Å². The van der Waals surface area contributed by atoms with Crippen LogP contribution in [0.15, 0.2) is 40.9 Å². The molecule has 10 heteroatoms. The molecule has 0 bridgehead atoms. The lowest BCUT2D eigenvalue weighted by atomic mass is 10.1. The number of nitrogens with one attached hydrogen (secondary N) is 1. The Morgan fingerprint density at radius 2 is 1.76 bits per heavy atom. The molecule has 2 aromatic rings. The van der Waals surface area contributed by atoms with Crippen LogP contribution in [-0.4, -0.2) is 53.6 Å². The van der Waals surface area contributed by atoms with Crippen molar-refractivity contribution >= 4 is 45.0 Å². The van der Waals surface area contributed by atoms with Crippen molar-refractivity contribution in [3.63, 3.8) is 0 Å². The van der Waals surface area contributed by atoms with Gasteiger partial charge in [-0.3, -0.25) is 14.9 Å². The van der Waals surface area contributed by atoms with Gasteiger partial charge in [0.15, 0.2) is 0 Å². The van der Waals surface area contributed by atoms with E-state index in [0.717, 1.165) is 10.0 Å². The highest BCUT2D eigenvalue weighted by molar-refractivity contribution is 9.10. The first-order valence-corrected chi connectivity index (χ1v) is 11.3. The number of amides is 2. The minimum absolute atomic E-state index is 0.0191. The summed E-state index contributed by atoms with van der Waals surface area (Å²) in [5.74, 6) is -0.554. The smallest absolute Gasteiger partial charge is 0.410 e. The maximum absolute atomic E-state index is 13.0. The van der Waals surface area contributed by atoms with Crippen molar-refractivity contribution in [2.45, 2.75) is 33.3 Å². The number of nitro groups is 1. The molecule has 1 heterocycles. The van der Waals surface area contributed by atoms with Crippen molar-refractivity contribution in [3.05, 3.63) is 62.1 Å². The van der Waals surface area contributed by atoms with E-state index in [1.807, 2.05) is 38.7 Å². The molecule has 0 aliphatic carbocycles. The van der Waals surface area contributed by atoms with Crippen LogP contribution in [0.5, 0.6) is 0 Å². The van der Waals surface area contributed by atoms with Crippen molar-refractivity contribution in [3.8, 4) is 0 Å². The molecule has 1 N–H and O–H groups in total. The number of hydrogen-bond acceptors (Lipinski definition) is 6. The molecule has 176 valence electrons. The normalized spacial score (nSPS) is 14.1. The zero-order valence-corrected chi connectivity index (χ0v) is 20.6. The third-order valence-corrected chi connectivity index (χ3v) is 5.65. The molecular formula is C23H27BrN4O5. The average Bonchev–Trinajstić information content (AvgIpc) is 2.74. The van der Waals surface area contributed by atoms with Gasteiger partial charge in [0.25, 0.3) is 11.6 Å². The van der Waals surface area contributed by atoms with Crippen molar-refractivity contribution in [1.29, 1.82) is 0 Å². The minimum Gasteiger partial charge on any atom is -0.444 e. The van der Waals surface area contributed by atoms with Crippen molar-refractivity contribution < 1.29 is 19.2 Å². The molecule has 0 atom stereocenters. The summed E-state index contributed by atoms with van der Waals surface area (Å²) in [6.07, 6.45) is -0.365. The molecule has 2 amide bonds. The topological polar surface area (TPSA) is 105 Å². The lowest BCUT2D eigenvalue weighted by Crippen LogP contribution is -2.50. The Hall–Kier alpha value is -3.14. The Morgan fingerprint density at radius 3 is 2.33 bits per heavy atom. The van der Waals surface area contributed by atoms with Crippen LogP contribution in [0.2, 0.25) is 0 Å². The molecule has 9 nitrogen and oxygen atoms in total. The molecule has 1 fully saturated rings. The second-order valence-corrected chi connectivity index (χ2v) is 9.74. The molecular weight excluding hydrogens is 492 g/mol. The van der Waals surface area contributed by atoms with Crippen LogP contribution in [-0.2, 0) is 4.74 Å². The fourth-order valence-corrected chi connectivity index (χ4v) is 3.97. The van der Waals surface area contributed by atoms with E-state index in [0.29, 0.717) is 37.6 Å². The lowest BCUT2D eigenvalue weighted by molar-refractivity contribution is -0.385. The summed E-state index contributed by atoms with van der Waals surface area (Å²) in [7, 11) is 0. The van der Waals surface area contributed by atoms with Gasteiger partial charge in [0.05, 0.1) is 4.92 Å². The number of hydrogen-bond donors (Lipinski definition) is 1. The van der Waals surface area contributed by atoms with Gasteiger partial charge in [-0.25, -0.2) is 4.79 Å². The molecule has 3 rings (SSSR count). The van der Waals surface area contributed by atoms with Crippen LogP contribution in [0.25, 0.3) is 0 Å². The second-order valence-electron chi connectivity index (χ2n) is 8.83. The molecule has 0 radical (unpaired) electrons. The van der Waals surface area contributed by atoms with E-state index in [2.05, 4.69) is 21.2 Å². The van der Waals surface area contributed by atoms with E-state index < -0.39 is 16.4 Å². The summed E-state index contributed by atoms with van der Waals surface area (Å²) in [5, 5.41) is 14.3. The van der Waals surface area contributed by atoms with Crippen LogP contribution in [0.4, 0.5) is 21.9 Å². The lowest BCUT2D eigenvalue weighted by Gasteiger charge is -2.36. The number of aryl methyl sites for hydroxylation is 1. The maximum atomic E-state index is 13.0. The Balaban J connectivity index is 1.77. The summed E-state index contributed by atoms with van der Waals surface area (Å²) in [5.41, 5.74) is 1.24. The summed E-state index contributed by atoms with van der Waals surface area (Å²) >= 11 is 3.38. The van der Waals surface area contributed by atoms with Crippen LogP contribution in [0.3, 0.4) is 0 Å². The standard InChI is InChI=1S/C23H27BrN4O5/c1-15-13-16(24)5-7-19(15)25-21(29)18-14-17(6-8-20(18)28(31)32)26-9-11-27(12-10-26)22(30)33-23(2,3)4/h5-8,13-14H,9-12H2,1-4H3,(H,25,29). The fourth-order valence-electron chi connectivity index (χ4n) is 3.49. The number of carbonyl (C=O) groups excluding carboxylic acids is 2. The zero-order valence-electron chi connectivity index (χ0n) is 19.1. The first kappa shape index (κ1) is 24.5. The molecule has 2 aromatic carbocycles. The molecule has 0 aromatic heterocycles. The van der Waals surface area contributed by atoms with E-state index in [1.165, 1.54) is 12.1 Å². The fraction of sp³-hybridized carbons (Fsp3) is 0.391. The summed E-state index contributed by atoms with van der Waals surface area (Å²) < 4.78 is 6.29. The Kier molecular flexibility index (Phi) is 7.26. The van der Waals surface area contributed by atoms with E-state index in [-0.39, 0.29) is 17.3 Å². The number of nitro benzene ring substituents is 1. The summed E-state index contributed by atoms with van der Waals surface area (Å²) in [6.45, 7) is 9.24. The summed E-state index contributed by atoms with van der Waals surface area (Å²) in [6, 6.07) is 9.89. The molecule has 0 unspecified atom stereocenters. The molecule has 1 saturated heterocycles. The number of ether oxygens (including phenoxy) is 1. The second kappa shape index (κ2) is 9.78. The molecule has 1 aliphatic rings. The first-order chi connectivity index (χ1) is 15.4. The molecule has 1 aliphatic heterocycles. The molecule has 0 spiro atoms. The third-order valence-electron chi connectivity index (χ3n) is 5.15. The largest absolute Gasteiger partial charge is 0.444 e. The van der Waals surface area contributed by atoms with E-state index in [9.17, 15) is 19.7 Å². The highest BCUT2D eigenvalue weighted by atomic mass is 79.9. The highest BCUT2D eigenvalue weighted by Gasteiger charge is 2.28. The average molecular weight is 519 g/mol. The van der Waals surface area contributed by atoms with Gasteiger partial charge in [-0.05, 0) is 63.6 Å². The number of rotatable bonds is 4. The van der Waals surface area contributed by atoms with Crippen molar-refractivity contribution in [2.75, 3.05) is 36.4 Å². The zero-order chi connectivity index (χ0) is 24.3. The highest BCUT2D eigenvalue weighted by Crippen LogP contribution is 2.28. The van der Waals surface area contributed by atoms with Gasteiger partial charge in [-0.1, -0.05) is 15.9 Å². The quantitative estimate of drug-likeness (QED) is 0.452. The first-order valence-electron chi connectivity index (χ1n) is 10.5. The van der Waals surface area contributed by atoms with E-state index >= 15 is 0 Å². The Labute approximate surface area is 201 Å². The molecule has 0 saturated carbocycles. The SMILES string of the molecule is Cc1cc(Br)ccc1NC(=O)c1cc(N2CCN(C(=O)OC(C)(C)C)CC2)ccc1[N+](=O)[O-]. The van der Waals surface area contributed by atoms with Gasteiger partial charge in [0, 0.05) is 48.1 Å². The minimum atomic E-state index is -0.567. The number of benzene rings is 2. The van der Waals surface area contributed by atoms with E-state index in [1.54, 1.807) is 23.1 Å². The summed E-state index contributed by atoms with van der Waals surface area (Å²) in [4.78, 5) is 39.9. The Morgan fingerprint density at radius 1 is 1.09 bits per heavy atom. The predicted octanol–water partition coefficient (Wildman–Crippen LogP) is 4.98. The van der Waals surface area contributed by atoms with Gasteiger partial charge < -0.3 is 19.9 Å². The van der Waals surface area contributed by atoms with Gasteiger partial charge in [-0.15, -0.1) is 0 Å². The predicted molar refractivity (Wildman–Crippen MR) is 130 cm³/mol. The number of carbonyl (C=O) groups is 2. The Bertz CT molecular complexity index is 1080. The third kappa shape index (κ3) is 6.22. The van der Waals surface area contributed by atoms with Gasteiger partial charge in [0.1, 0.15) is 11.2 Å².